The van der Waals surface area contributed by atoms with Crippen LogP contribution in [0.3, 0.4) is 0 Å². The largest absolute Gasteiger partial charge is 0.379 e. The van der Waals surface area contributed by atoms with Crippen molar-refractivity contribution in [3.05, 3.63) is 38.3 Å². The van der Waals surface area contributed by atoms with Gasteiger partial charge in [0.2, 0.25) is 0 Å². The van der Waals surface area contributed by atoms with Crippen molar-refractivity contribution >= 4 is 21.6 Å². The molecule has 0 atom stereocenters. The van der Waals surface area contributed by atoms with Gasteiger partial charge in [0.1, 0.15) is 0 Å². The number of hydrogen-bond donors (Lipinski definition) is 1. The minimum absolute atomic E-state index is 0.106. The average Bonchev–Trinajstić information content (AvgIpc) is 2.38. The van der Waals surface area contributed by atoms with Crippen LogP contribution in [-0.2, 0) is 11.3 Å². The van der Waals surface area contributed by atoms with Crippen molar-refractivity contribution in [1.29, 1.82) is 0 Å². The fourth-order valence-electron chi connectivity index (χ4n) is 1.74. The third-order valence-corrected chi connectivity index (χ3v) is 3.69. The van der Waals surface area contributed by atoms with Gasteiger partial charge in [0.15, 0.2) is 0 Å². The van der Waals surface area contributed by atoms with Crippen LogP contribution in [-0.4, -0.2) is 24.2 Å². The van der Waals surface area contributed by atoms with Gasteiger partial charge in [-0.2, -0.15) is 0 Å². The molecule has 0 spiro atoms. The van der Waals surface area contributed by atoms with E-state index in [1.54, 1.807) is 6.07 Å². The molecular formula is C14H21BrN2O3. The summed E-state index contributed by atoms with van der Waals surface area (Å²) in [6, 6.07) is 5.08. The summed E-state index contributed by atoms with van der Waals surface area (Å²) in [5.74, 6) is 0. The quantitative estimate of drug-likeness (QED) is 0.421. The SMILES string of the molecule is CC(C)OCCCCNCc1cccc([N+](=O)[O-])c1Br. The Hall–Kier alpha value is -0.980. The molecule has 0 amide bonds. The molecule has 1 rings (SSSR count). The van der Waals surface area contributed by atoms with Gasteiger partial charge in [-0.1, -0.05) is 12.1 Å². The fourth-order valence-corrected chi connectivity index (χ4v) is 2.29. The molecule has 1 aromatic carbocycles. The van der Waals surface area contributed by atoms with E-state index in [1.165, 1.54) is 6.07 Å². The van der Waals surface area contributed by atoms with Crippen molar-refractivity contribution in [3.8, 4) is 0 Å². The normalized spacial score (nSPS) is 11.0. The van der Waals surface area contributed by atoms with E-state index in [1.807, 2.05) is 19.9 Å². The van der Waals surface area contributed by atoms with Gasteiger partial charge in [-0.3, -0.25) is 10.1 Å². The first-order chi connectivity index (χ1) is 9.52. The zero-order chi connectivity index (χ0) is 15.0. The molecule has 0 fully saturated rings. The number of hydrogen-bond acceptors (Lipinski definition) is 4. The van der Waals surface area contributed by atoms with E-state index >= 15 is 0 Å². The van der Waals surface area contributed by atoms with Gasteiger partial charge in [-0.25, -0.2) is 0 Å². The summed E-state index contributed by atoms with van der Waals surface area (Å²) in [6.07, 6.45) is 2.32. The van der Waals surface area contributed by atoms with E-state index in [-0.39, 0.29) is 16.7 Å². The van der Waals surface area contributed by atoms with E-state index in [0.29, 0.717) is 11.0 Å². The minimum atomic E-state index is -0.378. The Morgan fingerprint density at radius 1 is 1.40 bits per heavy atom. The third-order valence-electron chi connectivity index (χ3n) is 2.77. The van der Waals surface area contributed by atoms with Gasteiger partial charge >= 0.3 is 0 Å². The lowest BCUT2D eigenvalue weighted by Gasteiger charge is -2.09. The predicted molar refractivity (Wildman–Crippen MR) is 82.8 cm³/mol. The van der Waals surface area contributed by atoms with Crippen LogP contribution in [0.5, 0.6) is 0 Å². The molecule has 0 unspecified atom stereocenters. The van der Waals surface area contributed by atoms with Crippen LogP contribution in [0.2, 0.25) is 0 Å². The summed E-state index contributed by atoms with van der Waals surface area (Å²) >= 11 is 3.29. The smallest absolute Gasteiger partial charge is 0.283 e. The molecule has 0 aromatic heterocycles. The Bertz CT molecular complexity index is 438. The second-order valence-electron chi connectivity index (χ2n) is 4.81. The number of rotatable bonds is 9. The van der Waals surface area contributed by atoms with Crippen LogP contribution in [0, 0.1) is 10.1 Å². The first kappa shape index (κ1) is 17.1. The van der Waals surface area contributed by atoms with Crippen LogP contribution in [0.25, 0.3) is 0 Å². The maximum atomic E-state index is 10.8. The molecular weight excluding hydrogens is 324 g/mol. The molecule has 0 saturated heterocycles. The number of benzene rings is 1. The lowest BCUT2D eigenvalue weighted by Crippen LogP contribution is -2.16. The third kappa shape index (κ3) is 5.98. The van der Waals surface area contributed by atoms with Gasteiger partial charge in [-0.15, -0.1) is 0 Å². The van der Waals surface area contributed by atoms with Crippen LogP contribution >= 0.6 is 15.9 Å². The highest BCUT2D eigenvalue weighted by Gasteiger charge is 2.14. The van der Waals surface area contributed by atoms with Crippen molar-refractivity contribution < 1.29 is 9.66 Å². The first-order valence-corrected chi connectivity index (χ1v) is 7.55. The van der Waals surface area contributed by atoms with E-state index in [9.17, 15) is 10.1 Å². The topological polar surface area (TPSA) is 64.4 Å². The molecule has 0 saturated carbocycles. The number of ether oxygens (including phenoxy) is 1. The summed E-state index contributed by atoms with van der Waals surface area (Å²) in [7, 11) is 0. The Labute approximate surface area is 128 Å². The molecule has 0 aliphatic rings. The van der Waals surface area contributed by atoms with Crippen LogP contribution < -0.4 is 5.32 Å². The monoisotopic (exact) mass is 344 g/mol. The van der Waals surface area contributed by atoms with E-state index < -0.39 is 0 Å². The molecule has 1 N–H and O–H groups in total. The van der Waals surface area contributed by atoms with Gasteiger partial charge in [0.25, 0.3) is 5.69 Å². The predicted octanol–water partition coefficient (Wildman–Crippen LogP) is 3.65. The molecule has 112 valence electrons. The highest BCUT2D eigenvalue weighted by Crippen LogP contribution is 2.27. The fraction of sp³-hybridized carbons (Fsp3) is 0.571. The lowest BCUT2D eigenvalue weighted by atomic mass is 10.2. The molecule has 1 aromatic rings. The van der Waals surface area contributed by atoms with Crippen molar-refractivity contribution in [3.63, 3.8) is 0 Å². The zero-order valence-corrected chi connectivity index (χ0v) is 13.5. The Morgan fingerprint density at radius 3 is 2.80 bits per heavy atom. The van der Waals surface area contributed by atoms with Crippen molar-refractivity contribution in [2.24, 2.45) is 0 Å². The number of nitro groups is 1. The summed E-state index contributed by atoms with van der Waals surface area (Å²) in [5.41, 5.74) is 1.01. The molecule has 20 heavy (non-hydrogen) atoms. The maximum Gasteiger partial charge on any atom is 0.283 e. The summed E-state index contributed by atoms with van der Waals surface area (Å²) in [6.45, 7) is 6.32. The van der Waals surface area contributed by atoms with Gasteiger partial charge < -0.3 is 10.1 Å². The number of unbranched alkanes of at least 4 members (excludes halogenated alkanes) is 1. The standard InChI is InChI=1S/C14H21BrN2O3/c1-11(2)20-9-4-3-8-16-10-12-6-5-7-13(14(12)15)17(18)19/h5-7,11,16H,3-4,8-10H2,1-2H3. The number of halogens is 1. The molecule has 5 nitrogen and oxygen atoms in total. The Morgan fingerprint density at radius 2 is 2.15 bits per heavy atom. The number of nitrogens with one attached hydrogen (secondary N) is 1. The van der Waals surface area contributed by atoms with Crippen LogP contribution in [0.1, 0.15) is 32.3 Å². The van der Waals surface area contributed by atoms with Gasteiger partial charge in [0.05, 0.1) is 15.5 Å². The Balaban J connectivity index is 2.29. The maximum absolute atomic E-state index is 10.8. The lowest BCUT2D eigenvalue weighted by molar-refractivity contribution is -0.385. The van der Waals surface area contributed by atoms with E-state index in [4.69, 9.17) is 4.74 Å². The van der Waals surface area contributed by atoms with E-state index in [0.717, 1.165) is 31.6 Å². The van der Waals surface area contributed by atoms with Crippen molar-refractivity contribution in [2.45, 2.75) is 39.3 Å². The van der Waals surface area contributed by atoms with Crippen LogP contribution in [0.4, 0.5) is 5.69 Å². The molecule has 0 aliphatic carbocycles. The Kier molecular flexibility index (Phi) is 7.72. The summed E-state index contributed by atoms with van der Waals surface area (Å²) in [5, 5.41) is 14.1. The molecule has 0 heterocycles. The van der Waals surface area contributed by atoms with Crippen molar-refractivity contribution in [2.75, 3.05) is 13.2 Å². The zero-order valence-electron chi connectivity index (χ0n) is 11.9. The summed E-state index contributed by atoms with van der Waals surface area (Å²) in [4.78, 5) is 10.4. The molecule has 0 bridgehead atoms. The second kappa shape index (κ2) is 9.05. The molecule has 6 heteroatoms. The number of nitrogens with zero attached hydrogens (tertiary/aromatic N) is 1. The minimum Gasteiger partial charge on any atom is -0.379 e. The summed E-state index contributed by atoms with van der Waals surface area (Å²) < 4.78 is 6.01. The first-order valence-electron chi connectivity index (χ1n) is 6.76. The number of nitro benzene ring substituents is 1. The molecule has 0 aliphatic heterocycles. The van der Waals surface area contributed by atoms with Gasteiger partial charge in [0, 0.05) is 19.2 Å². The van der Waals surface area contributed by atoms with Crippen LogP contribution in [0.15, 0.2) is 22.7 Å². The average molecular weight is 345 g/mol. The van der Waals surface area contributed by atoms with Gasteiger partial charge in [-0.05, 0) is 54.7 Å². The highest BCUT2D eigenvalue weighted by atomic mass is 79.9. The van der Waals surface area contributed by atoms with E-state index in [2.05, 4.69) is 21.2 Å². The van der Waals surface area contributed by atoms with Crippen molar-refractivity contribution in [1.82, 2.24) is 5.32 Å². The highest BCUT2D eigenvalue weighted by molar-refractivity contribution is 9.10. The second-order valence-corrected chi connectivity index (χ2v) is 5.60. The molecule has 0 radical (unpaired) electrons.